The molecule has 4 heteroatoms. The Labute approximate surface area is 159 Å². The summed E-state index contributed by atoms with van der Waals surface area (Å²) in [4.78, 5) is 0. The highest BCUT2D eigenvalue weighted by Crippen LogP contribution is 2.29. The molecule has 0 saturated heterocycles. The quantitative estimate of drug-likeness (QED) is 0.526. The van der Waals surface area contributed by atoms with E-state index < -0.39 is 5.82 Å². The number of halogens is 1. The molecular formula is C23H24FNO2. The minimum Gasteiger partial charge on any atom is -0.503 e. The molecule has 140 valence electrons. The van der Waals surface area contributed by atoms with Crippen LogP contribution in [-0.2, 0) is 12.0 Å². The number of rotatable bonds is 5. The molecule has 0 heterocycles. The first kappa shape index (κ1) is 18.8. The van der Waals surface area contributed by atoms with E-state index in [1.807, 2.05) is 36.4 Å². The standard InChI is InChI=1S/C23H24FNO2/c1-23(2,3)17-10-12-18(13-11-17)27-19-7-4-6-16(14-19)15-25-21-9-5-8-20(24)22(21)26/h4-14,25-26H,15H2,1-3H3. The molecule has 0 amide bonds. The molecule has 0 aliphatic carbocycles. The van der Waals surface area contributed by atoms with E-state index in [2.05, 4.69) is 38.2 Å². The van der Waals surface area contributed by atoms with Crippen molar-refractivity contribution in [1.82, 2.24) is 0 Å². The predicted octanol–water partition coefficient (Wildman–Crippen LogP) is 6.23. The summed E-state index contributed by atoms with van der Waals surface area (Å²) in [5, 5.41) is 12.8. The molecule has 0 fully saturated rings. The molecule has 0 aliphatic rings. The van der Waals surface area contributed by atoms with Gasteiger partial charge >= 0.3 is 0 Å². The lowest BCUT2D eigenvalue weighted by molar-refractivity contribution is 0.434. The summed E-state index contributed by atoms with van der Waals surface area (Å²) in [6, 6.07) is 20.2. The van der Waals surface area contributed by atoms with E-state index in [0.29, 0.717) is 12.2 Å². The van der Waals surface area contributed by atoms with Crippen molar-refractivity contribution in [3.8, 4) is 17.2 Å². The van der Waals surface area contributed by atoms with Gasteiger partial charge in [-0.15, -0.1) is 0 Å². The van der Waals surface area contributed by atoms with E-state index in [9.17, 15) is 9.50 Å². The smallest absolute Gasteiger partial charge is 0.174 e. The zero-order valence-electron chi connectivity index (χ0n) is 15.8. The Morgan fingerprint density at radius 2 is 1.63 bits per heavy atom. The van der Waals surface area contributed by atoms with Crippen LogP contribution in [0.3, 0.4) is 0 Å². The minimum absolute atomic E-state index is 0.104. The molecule has 3 rings (SSSR count). The Hall–Kier alpha value is -3.01. The largest absolute Gasteiger partial charge is 0.503 e. The number of hydrogen-bond donors (Lipinski definition) is 2. The fourth-order valence-electron chi connectivity index (χ4n) is 2.73. The molecule has 27 heavy (non-hydrogen) atoms. The Morgan fingerprint density at radius 3 is 2.33 bits per heavy atom. The van der Waals surface area contributed by atoms with Gasteiger partial charge in [-0.25, -0.2) is 4.39 Å². The molecule has 0 aromatic heterocycles. The van der Waals surface area contributed by atoms with Gasteiger partial charge < -0.3 is 15.2 Å². The van der Waals surface area contributed by atoms with Crippen LogP contribution in [0.4, 0.5) is 10.1 Å². The number of phenols is 1. The monoisotopic (exact) mass is 365 g/mol. The number of aromatic hydroxyl groups is 1. The number of hydrogen-bond acceptors (Lipinski definition) is 3. The van der Waals surface area contributed by atoms with Crippen molar-refractivity contribution in [2.75, 3.05) is 5.32 Å². The maximum Gasteiger partial charge on any atom is 0.174 e. The van der Waals surface area contributed by atoms with Gasteiger partial charge in [0.1, 0.15) is 11.5 Å². The van der Waals surface area contributed by atoms with Crippen LogP contribution < -0.4 is 10.1 Å². The third-order valence-electron chi connectivity index (χ3n) is 4.32. The van der Waals surface area contributed by atoms with Gasteiger partial charge in [0.25, 0.3) is 0 Å². The van der Waals surface area contributed by atoms with Crippen molar-refractivity contribution in [3.63, 3.8) is 0 Å². The molecule has 3 nitrogen and oxygen atoms in total. The van der Waals surface area contributed by atoms with Crippen molar-refractivity contribution in [1.29, 1.82) is 0 Å². The molecule has 0 radical (unpaired) electrons. The van der Waals surface area contributed by atoms with E-state index in [0.717, 1.165) is 17.1 Å². The zero-order valence-corrected chi connectivity index (χ0v) is 15.8. The molecule has 0 spiro atoms. The van der Waals surface area contributed by atoms with E-state index in [4.69, 9.17) is 4.74 Å². The van der Waals surface area contributed by atoms with Gasteiger partial charge in [0, 0.05) is 6.54 Å². The SMILES string of the molecule is CC(C)(C)c1ccc(Oc2cccc(CNc3cccc(F)c3O)c2)cc1. The molecule has 2 N–H and O–H groups in total. The average Bonchev–Trinajstić information content (AvgIpc) is 2.63. The topological polar surface area (TPSA) is 41.5 Å². The second-order valence-corrected chi connectivity index (χ2v) is 7.51. The van der Waals surface area contributed by atoms with Gasteiger partial charge in [-0.1, -0.05) is 51.1 Å². The lowest BCUT2D eigenvalue weighted by Crippen LogP contribution is -2.10. The number of ether oxygens (including phenoxy) is 1. The lowest BCUT2D eigenvalue weighted by atomic mass is 9.87. The average molecular weight is 365 g/mol. The zero-order chi connectivity index (χ0) is 19.4. The predicted molar refractivity (Wildman–Crippen MR) is 107 cm³/mol. The first-order valence-electron chi connectivity index (χ1n) is 8.91. The second kappa shape index (κ2) is 7.70. The van der Waals surface area contributed by atoms with E-state index in [-0.39, 0.29) is 11.2 Å². The number of nitrogens with one attached hydrogen (secondary N) is 1. The first-order chi connectivity index (χ1) is 12.8. The Balaban J connectivity index is 1.67. The van der Waals surface area contributed by atoms with E-state index >= 15 is 0 Å². The highest BCUT2D eigenvalue weighted by molar-refractivity contribution is 5.56. The molecule has 0 unspecified atom stereocenters. The Bertz CT molecular complexity index is 914. The minimum atomic E-state index is -0.643. The number of phenolic OH excluding ortho intramolecular Hbond substituents is 1. The maximum atomic E-state index is 13.4. The summed E-state index contributed by atoms with van der Waals surface area (Å²) in [5.74, 6) is 0.483. The number of para-hydroxylation sites is 1. The number of benzene rings is 3. The van der Waals surface area contributed by atoms with E-state index in [1.165, 1.54) is 11.6 Å². The molecule has 0 aliphatic heterocycles. The normalized spacial score (nSPS) is 11.3. The van der Waals surface area contributed by atoms with Gasteiger partial charge in [0.15, 0.2) is 11.6 Å². The molecule has 3 aromatic rings. The maximum absolute atomic E-state index is 13.4. The van der Waals surface area contributed by atoms with Crippen LogP contribution >= 0.6 is 0 Å². The van der Waals surface area contributed by atoms with Crippen LogP contribution in [0.1, 0.15) is 31.9 Å². The van der Waals surface area contributed by atoms with E-state index in [1.54, 1.807) is 12.1 Å². The molecular weight excluding hydrogens is 341 g/mol. The van der Waals surface area contributed by atoms with Crippen LogP contribution in [0.25, 0.3) is 0 Å². The third kappa shape index (κ3) is 4.79. The summed E-state index contributed by atoms with van der Waals surface area (Å²) in [7, 11) is 0. The Kier molecular flexibility index (Phi) is 5.36. The van der Waals surface area contributed by atoms with Crippen molar-refractivity contribution in [2.45, 2.75) is 32.7 Å². The highest BCUT2D eigenvalue weighted by Gasteiger charge is 2.13. The van der Waals surface area contributed by atoms with Gasteiger partial charge in [-0.05, 0) is 52.9 Å². The Morgan fingerprint density at radius 1 is 0.926 bits per heavy atom. The summed E-state index contributed by atoms with van der Waals surface area (Å²) in [6.07, 6.45) is 0. The summed E-state index contributed by atoms with van der Waals surface area (Å²) < 4.78 is 19.3. The van der Waals surface area contributed by atoms with Crippen molar-refractivity contribution >= 4 is 5.69 Å². The second-order valence-electron chi connectivity index (χ2n) is 7.51. The fraction of sp³-hybridized carbons (Fsp3) is 0.217. The van der Waals surface area contributed by atoms with Crippen LogP contribution in [-0.4, -0.2) is 5.11 Å². The molecule has 3 aromatic carbocycles. The van der Waals surface area contributed by atoms with Gasteiger partial charge in [-0.2, -0.15) is 0 Å². The van der Waals surface area contributed by atoms with Crippen LogP contribution in [0.5, 0.6) is 17.2 Å². The fourth-order valence-corrected chi connectivity index (χ4v) is 2.73. The number of anilines is 1. The highest BCUT2D eigenvalue weighted by atomic mass is 19.1. The van der Waals surface area contributed by atoms with Gasteiger partial charge in [0.05, 0.1) is 5.69 Å². The summed E-state index contributed by atoms with van der Waals surface area (Å²) in [6.45, 7) is 6.97. The molecule has 0 atom stereocenters. The van der Waals surface area contributed by atoms with Gasteiger partial charge in [-0.3, -0.25) is 0 Å². The third-order valence-corrected chi connectivity index (χ3v) is 4.32. The van der Waals surface area contributed by atoms with Crippen LogP contribution in [0, 0.1) is 5.82 Å². The molecule has 0 bridgehead atoms. The summed E-state index contributed by atoms with van der Waals surface area (Å²) in [5.41, 5.74) is 2.68. The van der Waals surface area contributed by atoms with Crippen molar-refractivity contribution in [3.05, 3.63) is 83.7 Å². The van der Waals surface area contributed by atoms with Gasteiger partial charge in [0.2, 0.25) is 0 Å². The summed E-state index contributed by atoms with van der Waals surface area (Å²) >= 11 is 0. The molecule has 0 saturated carbocycles. The van der Waals surface area contributed by atoms with Crippen LogP contribution in [0.15, 0.2) is 66.7 Å². The first-order valence-corrected chi connectivity index (χ1v) is 8.91. The lowest BCUT2D eigenvalue weighted by Gasteiger charge is -2.19. The van der Waals surface area contributed by atoms with Crippen LogP contribution in [0.2, 0.25) is 0 Å². The van der Waals surface area contributed by atoms with Crippen molar-refractivity contribution in [2.24, 2.45) is 0 Å². The van der Waals surface area contributed by atoms with Crippen molar-refractivity contribution < 1.29 is 14.2 Å².